The van der Waals surface area contributed by atoms with Crippen LogP contribution in [0.25, 0.3) is 0 Å². The lowest BCUT2D eigenvalue weighted by Gasteiger charge is -2.45. The van der Waals surface area contributed by atoms with Crippen LogP contribution in [0.3, 0.4) is 0 Å². The summed E-state index contributed by atoms with van der Waals surface area (Å²) in [6.07, 6.45) is 0.480. The molecule has 176 valence electrons. The van der Waals surface area contributed by atoms with Crippen molar-refractivity contribution in [3.8, 4) is 0 Å². The molecule has 1 saturated heterocycles. The molecule has 3 aliphatic rings. The van der Waals surface area contributed by atoms with Crippen molar-refractivity contribution in [1.29, 1.82) is 0 Å². The van der Waals surface area contributed by atoms with Crippen LogP contribution in [0.5, 0.6) is 0 Å². The summed E-state index contributed by atoms with van der Waals surface area (Å²) in [5.74, 6) is -0.209. The summed E-state index contributed by atoms with van der Waals surface area (Å²) in [6, 6.07) is 35.9. The van der Waals surface area contributed by atoms with Crippen molar-refractivity contribution in [3.05, 3.63) is 126 Å². The molecule has 3 atom stereocenters. The number of fused-ring (bicyclic) bond motifs is 5. The van der Waals surface area contributed by atoms with Crippen LogP contribution in [0.1, 0.15) is 29.2 Å². The molecule has 5 heteroatoms. The molecule has 2 spiro atoms. The van der Waals surface area contributed by atoms with Crippen molar-refractivity contribution in [2.75, 3.05) is 22.2 Å². The Hall–Kier alpha value is -4.38. The van der Waals surface area contributed by atoms with Gasteiger partial charge in [-0.25, -0.2) is 0 Å². The van der Waals surface area contributed by atoms with Gasteiger partial charge >= 0.3 is 0 Å². The quantitative estimate of drug-likeness (QED) is 0.426. The van der Waals surface area contributed by atoms with E-state index >= 15 is 0 Å². The molecule has 0 saturated carbocycles. The van der Waals surface area contributed by atoms with E-state index in [2.05, 4.69) is 22.3 Å². The third kappa shape index (κ3) is 2.35. The molecule has 1 N–H and O–H groups in total. The number of carbonyl (C=O) groups is 2. The van der Waals surface area contributed by atoms with Crippen LogP contribution in [0.4, 0.5) is 17.1 Å². The van der Waals surface area contributed by atoms with Gasteiger partial charge < -0.3 is 15.1 Å². The Morgan fingerprint density at radius 1 is 0.750 bits per heavy atom. The fourth-order valence-electron chi connectivity index (χ4n) is 6.96. The monoisotopic (exact) mass is 471 g/mol. The molecule has 3 aliphatic heterocycles. The molecule has 0 aromatic heterocycles. The minimum Gasteiger partial charge on any atom is -0.345 e. The highest BCUT2D eigenvalue weighted by molar-refractivity contribution is 6.20. The van der Waals surface area contributed by atoms with Crippen LogP contribution in [-0.4, -0.2) is 18.9 Å². The number of hydrogen-bond acceptors (Lipinski definition) is 3. The molecular weight excluding hydrogens is 446 g/mol. The zero-order chi connectivity index (χ0) is 24.5. The molecule has 5 nitrogen and oxygen atoms in total. The smallest absolute Gasteiger partial charge is 0.256 e. The fraction of sp³-hybridized carbons (Fsp3) is 0.161. The van der Waals surface area contributed by atoms with Crippen molar-refractivity contribution >= 4 is 28.9 Å². The van der Waals surface area contributed by atoms with E-state index in [0.717, 1.165) is 33.8 Å². The van der Waals surface area contributed by atoms with Gasteiger partial charge in [0.25, 0.3) is 5.91 Å². The van der Waals surface area contributed by atoms with E-state index in [-0.39, 0.29) is 17.9 Å². The molecular formula is C31H25N3O2. The van der Waals surface area contributed by atoms with Gasteiger partial charge in [-0.1, -0.05) is 84.9 Å². The van der Waals surface area contributed by atoms with Crippen LogP contribution in [0, 0.1) is 0 Å². The SMILES string of the molecule is CN1C(=O)[C@@]2(C[C@@H](c3ccccc3)N(c3ccccc3)[C@]23C(=O)Nc2ccccc23)c2ccccc21. The second-order valence-corrected chi connectivity index (χ2v) is 9.83. The van der Waals surface area contributed by atoms with Gasteiger partial charge in [-0.05, 0) is 41.8 Å². The van der Waals surface area contributed by atoms with Gasteiger partial charge in [0.05, 0.1) is 6.04 Å². The van der Waals surface area contributed by atoms with Gasteiger partial charge in [0.2, 0.25) is 5.91 Å². The molecule has 0 aliphatic carbocycles. The predicted molar refractivity (Wildman–Crippen MR) is 141 cm³/mol. The standard InChI is InChI=1S/C31H25N3O2/c1-33-26-19-11-9-17-24(26)30(29(33)36)20-27(21-12-4-2-5-13-21)34(22-14-6-3-7-15-22)31(30)23-16-8-10-18-25(23)32-28(31)35/h2-19,27H,20H2,1H3,(H,32,35)/t27-,30+,31+/m0/s1. The Balaban J connectivity index is 1.64. The predicted octanol–water partition coefficient (Wildman–Crippen LogP) is 5.40. The van der Waals surface area contributed by atoms with E-state index in [0.29, 0.717) is 6.42 Å². The van der Waals surface area contributed by atoms with Gasteiger partial charge in [-0.3, -0.25) is 9.59 Å². The Morgan fingerprint density at radius 3 is 2.11 bits per heavy atom. The largest absolute Gasteiger partial charge is 0.345 e. The van der Waals surface area contributed by atoms with Gasteiger partial charge in [0.15, 0.2) is 5.54 Å². The number of rotatable bonds is 2. The molecule has 2 amide bonds. The van der Waals surface area contributed by atoms with Crippen molar-refractivity contribution in [2.45, 2.75) is 23.4 Å². The van der Waals surface area contributed by atoms with E-state index in [1.807, 2.05) is 104 Å². The summed E-state index contributed by atoms with van der Waals surface area (Å²) >= 11 is 0. The van der Waals surface area contributed by atoms with E-state index in [9.17, 15) is 9.59 Å². The molecule has 4 aromatic rings. The number of hydrogen-bond donors (Lipinski definition) is 1. The molecule has 7 rings (SSSR count). The van der Waals surface area contributed by atoms with E-state index in [1.54, 1.807) is 4.90 Å². The highest BCUT2D eigenvalue weighted by Crippen LogP contribution is 2.67. The van der Waals surface area contributed by atoms with Crippen LogP contribution in [0.15, 0.2) is 109 Å². The average molecular weight is 472 g/mol. The lowest BCUT2D eigenvalue weighted by Crippen LogP contribution is -2.61. The van der Waals surface area contributed by atoms with Gasteiger partial charge in [0, 0.05) is 29.7 Å². The van der Waals surface area contributed by atoms with Crippen LogP contribution in [-0.2, 0) is 20.5 Å². The summed E-state index contributed by atoms with van der Waals surface area (Å²) in [4.78, 5) is 33.0. The molecule has 0 bridgehead atoms. The van der Waals surface area contributed by atoms with Crippen LogP contribution in [0.2, 0.25) is 0 Å². The van der Waals surface area contributed by atoms with Crippen molar-refractivity contribution < 1.29 is 9.59 Å². The first-order chi connectivity index (χ1) is 17.6. The lowest BCUT2D eigenvalue weighted by molar-refractivity contribution is -0.131. The Kier molecular flexibility index (Phi) is 4.25. The minimum absolute atomic E-state index is 0.0464. The third-order valence-electron chi connectivity index (χ3n) is 8.30. The van der Waals surface area contributed by atoms with E-state index in [4.69, 9.17) is 0 Å². The first-order valence-electron chi connectivity index (χ1n) is 12.3. The van der Waals surface area contributed by atoms with Crippen LogP contribution >= 0.6 is 0 Å². The summed E-state index contributed by atoms with van der Waals surface area (Å²) in [7, 11) is 1.82. The second-order valence-electron chi connectivity index (χ2n) is 9.83. The molecule has 1 fully saturated rings. The molecule has 36 heavy (non-hydrogen) atoms. The number of nitrogens with zero attached hydrogens (tertiary/aromatic N) is 2. The number of anilines is 3. The van der Waals surface area contributed by atoms with Gasteiger partial charge in [-0.15, -0.1) is 0 Å². The maximum atomic E-state index is 14.6. The summed E-state index contributed by atoms with van der Waals surface area (Å²) in [5, 5.41) is 3.17. The molecule has 0 radical (unpaired) electrons. The Labute approximate surface area is 210 Å². The number of amides is 2. The van der Waals surface area contributed by atoms with E-state index in [1.165, 1.54) is 0 Å². The number of carbonyl (C=O) groups excluding carboxylic acids is 2. The van der Waals surface area contributed by atoms with Crippen molar-refractivity contribution in [3.63, 3.8) is 0 Å². The normalized spacial score (nSPS) is 26.0. The van der Waals surface area contributed by atoms with Crippen molar-refractivity contribution in [1.82, 2.24) is 0 Å². The van der Waals surface area contributed by atoms with Crippen LogP contribution < -0.4 is 15.1 Å². The highest BCUT2D eigenvalue weighted by atomic mass is 16.2. The third-order valence-corrected chi connectivity index (χ3v) is 8.30. The molecule has 0 unspecified atom stereocenters. The molecule has 3 heterocycles. The average Bonchev–Trinajstić information content (AvgIpc) is 3.49. The molecule has 4 aromatic carbocycles. The zero-order valence-electron chi connectivity index (χ0n) is 19.9. The number of likely N-dealkylation sites (N-methyl/N-ethyl adjacent to an activating group) is 1. The number of nitrogens with one attached hydrogen (secondary N) is 1. The summed E-state index contributed by atoms with van der Waals surface area (Å²) < 4.78 is 0. The minimum atomic E-state index is -1.26. The highest BCUT2D eigenvalue weighted by Gasteiger charge is 2.76. The Morgan fingerprint density at radius 2 is 1.36 bits per heavy atom. The van der Waals surface area contributed by atoms with Gasteiger partial charge in [-0.2, -0.15) is 0 Å². The van der Waals surface area contributed by atoms with Gasteiger partial charge in [0.1, 0.15) is 5.41 Å². The fourth-order valence-corrected chi connectivity index (χ4v) is 6.96. The van der Waals surface area contributed by atoms with Crippen molar-refractivity contribution in [2.24, 2.45) is 0 Å². The maximum absolute atomic E-state index is 14.6. The van der Waals surface area contributed by atoms with E-state index < -0.39 is 11.0 Å². The lowest BCUT2D eigenvalue weighted by atomic mass is 9.63. The second kappa shape index (κ2) is 7.31. The first kappa shape index (κ1) is 20.9. The first-order valence-corrected chi connectivity index (χ1v) is 12.3. The zero-order valence-corrected chi connectivity index (χ0v) is 19.9. The topological polar surface area (TPSA) is 52.7 Å². The number of para-hydroxylation sites is 3. The summed E-state index contributed by atoms with van der Waals surface area (Å²) in [5.41, 5.74) is 3.00. The Bertz CT molecular complexity index is 1520. The maximum Gasteiger partial charge on any atom is 0.256 e. The number of benzene rings is 4. The summed E-state index contributed by atoms with van der Waals surface area (Å²) in [6.45, 7) is 0.